The number of rotatable bonds is 10. The molecule has 1 aliphatic rings. The van der Waals surface area contributed by atoms with Gasteiger partial charge in [0.05, 0.1) is 57.5 Å². The van der Waals surface area contributed by atoms with Gasteiger partial charge in [-0.3, -0.25) is 0 Å². The van der Waals surface area contributed by atoms with E-state index in [2.05, 4.69) is 15.2 Å². The molecule has 11 nitrogen and oxygen atoms in total. The van der Waals surface area contributed by atoms with Gasteiger partial charge in [-0.25, -0.2) is 9.97 Å². The van der Waals surface area contributed by atoms with Crippen LogP contribution in [0.15, 0.2) is 42.9 Å². The number of fused-ring (bicyclic) bond motifs is 1. The summed E-state index contributed by atoms with van der Waals surface area (Å²) in [5, 5.41) is 14.1. The Bertz CT molecular complexity index is 1430. The highest BCUT2D eigenvalue weighted by Gasteiger charge is 2.27. The minimum atomic E-state index is 0.0155. The van der Waals surface area contributed by atoms with Crippen LogP contribution in [-0.4, -0.2) is 71.3 Å². The maximum Gasteiger partial charge on any atom is 0.230 e. The van der Waals surface area contributed by atoms with Crippen LogP contribution in [0.3, 0.4) is 0 Å². The summed E-state index contributed by atoms with van der Waals surface area (Å²) in [6.45, 7) is 4.87. The third-order valence-electron chi connectivity index (χ3n) is 6.65. The maximum atomic E-state index is 9.98. The Hall–Kier alpha value is -4.25. The first kappa shape index (κ1) is 26.4. The van der Waals surface area contributed by atoms with Gasteiger partial charge in [-0.05, 0) is 38.8 Å². The first-order valence-corrected chi connectivity index (χ1v) is 12.9. The number of methoxy groups -OCH3 is 3. The summed E-state index contributed by atoms with van der Waals surface area (Å²) in [6, 6.07) is 9.54. The number of aromatic nitrogens is 4. The molecule has 0 unspecified atom stereocenters. The summed E-state index contributed by atoms with van der Waals surface area (Å²) >= 11 is 0. The van der Waals surface area contributed by atoms with Gasteiger partial charge in [0.15, 0.2) is 17.3 Å². The summed E-state index contributed by atoms with van der Waals surface area (Å²) in [7, 11) is 4.73. The highest BCUT2D eigenvalue weighted by molar-refractivity contribution is 5.92. The smallest absolute Gasteiger partial charge is 0.230 e. The topological polar surface area (TPSA) is 116 Å². The van der Waals surface area contributed by atoms with Gasteiger partial charge in [0, 0.05) is 30.1 Å². The fraction of sp³-hybridized carbons (Fsp3) is 0.393. The van der Waals surface area contributed by atoms with Gasteiger partial charge >= 0.3 is 0 Å². The lowest BCUT2D eigenvalue weighted by Crippen LogP contribution is -2.33. The van der Waals surface area contributed by atoms with E-state index in [0.29, 0.717) is 29.0 Å². The number of aliphatic hydroxyl groups is 1. The predicted molar refractivity (Wildman–Crippen MR) is 149 cm³/mol. The molecule has 11 heteroatoms. The third-order valence-corrected chi connectivity index (χ3v) is 6.65. The number of hydrogen-bond donors (Lipinski definition) is 2. The molecule has 0 bridgehead atoms. The second-order valence-electron chi connectivity index (χ2n) is 9.56. The summed E-state index contributed by atoms with van der Waals surface area (Å²) in [5.74, 6) is 4.08. The van der Waals surface area contributed by atoms with Gasteiger partial charge in [0.25, 0.3) is 0 Å². The number of ether oxygens (including phenoxy) is 4. The van der Waals surface area contributed by atoms with Gasteiger partial charge in [-0.2, -0.15) is 4.98 Å². The van der Waals surface area contributed by atoms with Crippen LogP contribution in [0.25, 0.3) is 16.6 Å². The van der Waals surface area contributed by atoms with Gasteiger partial charge in [0.1, 0.15) is 17.9 Å². The van der Waals surface area contributed by atoms with Crippen molar-refractivity contribution in [3.8, 4) is 28.7 Å². The van der Waals surface area contributed by atoms with Gasteiger partial charge in [-0.15, -0.1) is 0 Å². The van der Waals surface area contributed by atoms with Crippen LogP contribution in [0, 0.1) is 0 Å². The van der Waals surface area contributed by atoms with E-state index >= 15 is 0 Å². The quantitative estimate of drug-likeness (QED) is 0.304. The summed E-state index contributed by atoms with van der Waals surface area (Å²) in [6.07, 6.45) is 5.46. The van der Waals surface area contributed by atoms with Crippen molar-refractivity contribution >= 4 is 28.5 Å². The van der Waals surface area contributed by atoms with Crippen molar-refractivity contribution in [1.29, 1.82) is 0 Å². The summed E-state index contributed by atoms with van der Waals surface area (Å²) < 4.78 is 24.2. The zero-order chi connectivity index (χ0) is 27.5. The van der Waals surface area contributed by atoms with Crippen LogP contribution < -0.4 is 29.2 Å². The van der Waals surface area contributed by atoms with Crippen molar-refractivity contribution in [3.05, 3.63) is 42.9 Å². The number of nitrogens with zero attached hydrogens (tertiary/aromatic N) is 5. The molecule has 2 aromatic heterocycles. The number of hydrogen-bond acceptors (Lipinski definition) is 10. The van der Waals surface area contributed by atoms with Crippen LogP contribution in [0.1, 0.15) is 26.7 Å². The molecular weight excluding hydrogens is 500 g/mol. The van der Waals surface area contributed by atoms with Crippen molar-refractivity contribution in [3.63, 3.8) is 0 Å². The number of aliphatic hydroxyl groups excluding tert-OH is 1. The largest absolute Gasteiger partial charge is 0.493 e. The van der Waals surface area contributed by atoms with E-state index in [4.69, 9.17) is 28.9 Å². The zero-order valence-corrected chi connectivity index (χ0v) is 22.8. The Morgan fingerprint density at radius 1 is 1.05 bits per heavy atom. The Balaban J connectivity index is 1.51. The average molecular weight is 535 g/mol. The van der Waals surface area contributed by atoms with Gasteiger partial charge in [-0.1, -0.05) is 0 Å². The van der Waals surface area contributed by atoms with Crippen LogP contribution >= 0.6 is 0 Å². The van der Waals surface area contributed by atoms with Crippen LogP contribution in [0.4, 0.5) is 17.6 Å². The minimum absolute atomic E-state index is 0.0155. The Kier molecular flexibility index (Phi) is 7.60. The number of nitrogens with one attached hydrogen (secondary N) is 1. The van der Waals surface area contributed by atoms with Crippen molar-refractivity contribution in [2.45, 2.75) is 38.8 Å². The zero-order valence-electron chi connectivity index (χ0n) is 22.8. The number of benzene rings is 2. The molecule has 39 heavy (non-hydrogen) atoms. The fourth-order valence-electron chi connectivity index (χ4n) is 4.88. The molecule has 4 aromatic rings. The Morgan fingerprint density at radius 2 is 1.82 bits per heavy atom. The molecule has 3 heterocycles. The maximum absolute atomic E-state index is 9.98. The Morgan fingerprint density at radius 3 is 2.49 bits per heavy atom. The molecule has 0 aliphatic carbocycles. The van der Waals surface area contributed by atoms with Gasteiger partial charge < -0.3 is 38.8 Å². The SMILES string of the molecule is COc1cc(-n2cnc(Nc3nc(N4CCC[C@H]4CO)c4ccc(OC(C)C)cc4n3)c2)cc(OC)c1OC. The molecule has 0 radical (unpaired) electrons. The molecular formula is C28H34N6O5. The second-order valence-corrected chi connectivity index (χ2v) is 9.56. The molecule has 1 aliphatic heterocycles. The second kappa shape index (κ2) is 11.2. The van der Waals surface area contributed by atoms with Crippen LogP contribution in [0.2, 0.25) is 0 Å². The van der Waals surface area contributed by atoms with E-state index in [1.807, 2.05) is 54.9 Å². The fourth-order valence-corrected chi connectivity index (χ4v) is 4.88. The molecule has 5 rings (SSSR count). The Labute approximate surface area is 227 Å². The van der Waals surface area contributed by atoms with Crippen molar-refractivity contribution in [2.24, 2.45) is 0 Å². The molecule has 0 saturated carbocycles. The minimum Gasteiger partial charge on any atom is -0.493 e. The van der Waals surface area contributed by atoms with Crippen molar-refractivity contribution in [1.82, 2.24) is 19.5 Å². The van der Waals surface area contributed by atoms with E-state index in [9.17, 15) is 5.11 Å². The van der Waals surface area contributed by atoms with Crippen LogP contribution in [0.5, 0.6) is 23.0 Å². The standard InChI is InChI=1S/C28H34N6O5/c1-17(2)39-20-8-9-21-22(13-20)30-28(32-27(21)34-10-6-7-18(34)15-35)31-25-14-33(16-29-25)19-11-23(36-3)26(38-5)24(12-19)37-4/h8-9,11-14,16-18,35H,6-7,10,15H2,1-5H3,(H,30,31,32)/t18-/m0/s1. The lowest BCUT2D eigenvalue weighted by molar-refractivity contribution is 0.242. The molecule has 0 amide bonds. The van der Waals surface area contributed by atoms with Crippen molar-refractivity contribution in [2.75, 3.05) is 44.7 Å². The molecule has 2 aromatic carbocycles. The first-order valence-electron chi connectivity index (χ1n) is 12.9. The molecule has 206 valence electrons. The molecule has 2 N–H and O–H groups in total. The van der Waals surface area contributed by atoms with E-state index < -0.39 is 0 Å². The number of imidazole rings is 1. The normalized spacial score (nSPS) is 15.2. The summed E-state index contributed by atoms with van der Waals surface area (Å²) in [5.41, 5.74) is 1.52. The highest BCUT2D eigenvalue weighted by atomic mass is 16.5. The van der Waals surface area contributed by atoms with E-state index in [1.54, 1.807) is 27.7 Å². The number of anilines is 3. The lowest BCUT2D eigenvalue weighted by Gasteiger charge is -2.26. The van der Waals surface area contributed by atoms with Gasteiger partial charge in [0.2, 0.25) is 11.7 Å². The van der Waals surface area contributed by atoms with E-state index in [0.717, 1.165) is 47.5 Å². The third kappa shape index (κ3) is 5.35. The molecule has 1 atom stereocenters. The average Bonchev–Trinajstić information content (AvgIpc) is 3.61. The molecule has 1 fully saturated rings. The predicted octanol–water partition coefficient (Wildman–Crippen LogP) is 4.33. The first-order chi connectivity index (χ1) is 18.9. The van der Waals surface area contributed by atoms with E-state index in [-0.39, 0.29) is 18.8 Å². The monoisotopic (exact) mass is 534 g/mol. The summed E-state index contributed by atoms with van der Waals surface area (Å²) in [4.78, 5) is 16.3. The van der Waals surface area contributed by atoms with E-state index in [1.165, 1.54) is 0 Å². The molecule has 0 spiro atoms. The highest BCUT2D eigenvalue weighted by Crippen LogP contribution is 2.39. The van der Waals surface area contributed by atoms with Crippen molar-refractivity contribution < 1.29 is 24.1 Å². The van der Waals surface area contributed by atoms with Crippen LogP contribution in [-0.2, 0) is 0 Å². The molecule has 1 saturated heterocycles. The lowest BCUT2D eigenvalue weighted by atomic mass is 10.2.